The Morgan fingerprint density at radius 1 is 1.23 bits per heavy atom. The summed E-state index contributed by atoms with van der Waals surface area (Å²) in [5.41, 5.74) is -0.377. The van der Waals surface area contributed by atoms with Crippen LogP contribution in [0.3, 0.4) is 0 Å². The molecule has 1 fully saturated rings. The molecule has 2 amide bonds. The quantitative estimate of drug-likeness (QED) is 0.730. The number of rotatable bonds is 5. The molecule has 2 rings (SSSR count). The van der Waals surface area contributed by atoms with Crippen LogP contribution in [-0.2, 0) is 14.8 Å². The van der Waals surface area contributed by atoms with Gasteiger partial charge in [0.1, 0.15) is 5.60 Å². The van der Waals surface area contributed by atoms with E-state index in [1.165, 1.54) is 32.3 Å². The number of benzene rings is 1. The number of nitrogens with zero attached hydrogens (tertiary/aromatic N) is 2. The van der Waals surface area contributed by atoms with Crippen LogP contribution >= 0.6 is 11.6 Å². The summed E-state index contributed by atoms with van der Waals surface area (Å²) in [6.45, 7) is 6.90. The maximum absolute atomic E-state index is 12.9. The summed E-state index contributed by atoms with van der Waals surface area (Å²) in [6, 6.07) is 4.15. The van der Waals surface area contributed by atoms with Gasteiger partial charge in [-0.15, -0.1) is 0 Å². The number of carbonyl (C=O) groups is 2. The summed E-state index contributed by atoms with van der Waals surface area (Å²) < 4.78 is 31.1. The fourth-order valence-corrected chi connectivity index (χ4v) is 4.22. The molecule has 0 atom stereocenters. The van der Waals surface area contributed by atoms with Gasteiger partial charge in [-0.1, -0.05) is 11.6 Å². The average Bonchev–Trinajstić information content (AvgIpc) is 2.65. The van der Waals surface area contributed by atoms with Gasteiger partial charge in [-0.2, -0.15) is 0 Å². The lowest BCUT2D eigenvalue weighted by molar-refractivity contribution is 0.0500. The normalized spacial score (nSPS) is 15.9. The molecular weight excluding hydrogens is 430 g/mol. The Morgan fingerprint density at radius 2 is 1.83 bits per heavy atom. The molecule has 0 aliphatic carbocycles. The van der Waals surface area contributed by atoms with Crippen LogP contribution in [0.1, 0.15) is 44.0 Å². The number of hydrogen-bond donors (Lipinski definition) is 1. The minimum absolute atomic E-state index is 0.0247. The number of alkyl carbamates (subject to hydrolysis) is 1. The topological polar surface area (TPSA) is 96.0 Å². The number of likely N-dealkylation sites (tertiary alicyclic amines) is 1. The fourth-order valence-electron chi connectivity index (χ4n) is 3.09. The van der Waals surface area contributed by atoms with Gasteiger partial charge in [-0.3, -0.25) is 4.79 Å². The van der Waals surface area contributed by atoms with Crippen LogP contribution in [0.15, 0.2) is 23.1 Å². The first-order valence-corrected chi connectivity index (χ1v) is 11.6. The Hall–Kier alpha value is -1.84. The molecule has 0 spiro atoms. The minimum Gasteiger partial charge on any atom is -0.444 e. The lowest BCUT2D eigenvalue weighted by Gasteiger charge is -2.32. The van der Waals surface area contributed by atoms with Crippen LogP contribution in [-0.4, -0.2) is 69.0 Å². The Morgan fingerprint density at radius 3 is 2.37 bits per heavy atom. The van der Waals surface area contributed by atoms with E-state index in [0.717, 1.165) is 17.1 Å². The number of nitrogens with one attached hydrogen (secondary N) is 1. The molecule has 168 valence electrons. The van der Waals surface area contributed by atoms with Gasteiger partial charge in [-0.25, -0.2) is 17.5 Å². The highest BCUT2D eigenvalue weighted by Crippen LogP contribution is 2.25. The monoisotopic (exact) mass is 459 g/mol. The van der Waals surface area contributed by atoms with Crippen LogP contribution in [0.4, 0.5) is 4.79 Å². The number of piperidine rings is 1. The molecule has 0 bridgehead atoms. The van der Waals surface area contributed by atoms with Crippen molar-refractivity contribution >= 4 is 33.6 Å². The van der Waals surface area contributed by atoms with Gasteiger partial charge in [-0.05, 0) is 57.7 Å². The van der Waals surface area contributed by atoms with E-state index >= 15 is 0 Å². The summed E-state index contributed by atoms with van der Waals surface area (Å²) in [4.78, 5) is 26.4. The van der Waals surface area contributed by atoms with Crippen molar-refractivity contribution in [1.29, 1.82) is 0 Å². The van der Waals surface area contributed by atoms with Gasteiger partial charge in [0.25, 0.3) is 5.91 Å². The van der Waals surface area contributed by atoms with Gasteiger partial charge in [0, 0.05) is 33.7 Å². The first-order valence-electron chi connectivity index (χ1n) is 9.79. The minimum atomic E-state index is -3.67. The number of hydrogen-bond acceptors (Lipinski definition) is 5. The van der Waals surface area contributed by atoms with Crippen molar-refractivity contribution < 1.29 is 22.7 Å². The van der Waals surface area contributed by atoms with E-state index in [2.05, 4.69) is 5.32 Å². The average molecular weight is 460 g/mol. The van der Waals surface area contributed by atoms with E-state index in [1.54, 1.807) is 25.7 Å². The smallest absolute Gasteiger partial charge is 0.407 e. The summed E-state index contributed by atoms with van der Waals surface area (Å²) in [5.74, 6) is -0.0631. The van der Waals surface area contributed by atoms with Gasteiger partial charge >= 0.3 is 6.09 Å². The number of amides is 2. The molecule has 30 heavy (non-hydrogen) atoms. The summed E-state index contributed by atoms with van der Waals surface area (Å²) in [5, 5.41) is 2.99. The first-order chi connectivity index (χ1) is 13.8. The summed E-state index contributed by atoms with van der Waals surface area (Å²) in [6.07, 6.45) is 0.982. The van der Waals surface area contributed by atoms with Gasteiger partial charge in [0.05, 0.1) is 15.5 Å². The Kier molecular flexibility index (Phi) is 7.76. The summed E-state index contributed by atoms with van der Waals surface area (Å²) in [7, 11) is -0.802. The van der Waals surface area contributed by atoms with E-state index in [1.807, 2.05) is 0 Å². The molecule has 0 saturated carbocycles. The molecule has 0 aromatic heterocycles. The number of sulfonamides is 1. The van der Waals surface area contributed by atoms with Crippen LogP contribution in [0.25, 0.3) is 0 Å². The van der Waals surface area contributed by atoms with Crippen molar-refractivity contribution in [3.63, 3.8) is 0 Å². The standard InChI is InChI=1S/C20H30ClN3O5S/c1-20(2,3)29-19(26)22-13-14-8-10-24(11-9-14)18(25)16-12-15(6-7-17(16)21)30(27,28)23(4)5/h6-7,12,14H,8-11,13H2,1-5H3,(H,22,26). The van der Waals surface area contributed by atoms with E-state index in [-0.39, 0.29) is 27.3 Å². The lowest BCUT2D eigenvalue weighted by Crippen LogP contribution is -2.42. The third kappa shape index (κ3) is 6.33. The molecule has 10 heteroatoms. The zero-order valence-electron chi connectivity index (χ0n) is 18.1. The second-order valence-corrected chi connectivity index (χ2v) is 11.1. The van der Waals surface area contributed by atoms with Crippen LogP contribution in [0.5, 0.6) is 0 Å². The predicted octanol–water partition coefficient (Wildman–Crippen LogP) is 2.97. The van der Waals surface area contributed by atoms with E-state index in [9.17, 15) is 18.0 Å². The second-order valence-electron chi connectivity index (χ2n) is 8.55. The maximum atomic E-state index is 12.9. The third-order valence-electron chi connectivity index (χ3n) is 4.78. The molecule has 1 heterocycles. The van der Waals surface area contributed by atoms with Gasteiger partial charge < -0.3 is 15.0 Å². The molecule has 8 nitrogen and oxygen atoms in total. The molecule has 0 unspecified atom stereocenters. The Bertz CT molecular complexity index is 888. The van der Waals surface area contributed by atoms with E-state index in [4.69, 9.17) is 16.3 Å². The van der Waals surface area contributed by atoms with Gasteiger partial charge in [0.15, 0.2) is 0 Å². The van der Waals surface area contributed by atoms with Crippen molar-refractivity contribution in [3.8, 4) is 0 Å². The largest absolute Gasteiger partial charge is 0.444 e. The van der Waals surface area contributed by atoms with E-state index in [0.29, 0.717) is 19.6 Å². The molecule has 1 aromatic carbocycles. The van der Waals surface area contributed by atoms with E-state index < -0.39 is 21.7 Å². The molecule has 1 aliphatic heterocycles. The van der Waals surface area contributed by atoms with Crippen molar-refractivity contribution in [1.82, 2.24) is 14.5 Å². The van der Waals surface area contributed by atoms with Crippen molar-refractivity contribution in [3.05, 3.63) is 28.8 Å². The molecule has 1 N–H and O–H groups in total. The maximum Gasteiger partial charge on any atom is 0.407 e. The molecule has 1 aromatic rings. The molecule has 1 aliphatic rings. The highest BCUT2D eigenvalue weighted by molar-refractivity contribution is 7.89. The van der Waals surface area contributed by atoms with Crippen LogP contribution in [0.2, 0.25) is 5.02 Å². The van der Waals surface area contributed by atoms with Crippen molar-refractivity contribution in [2.45, 2.75) is 44.1 Å². The fraction of sp³-hybridized carbons (Fsp3) is 0.600. The number of halogens is 1. The van der Waals surface area contributed by atoms with Crippen LogP contribution < -0.4 is 5.32 Å². The van der Waals surface area contributed by atoms with Crippen molar-refractivity contribution in [2.75, 3.05) is 33.7 Å². The SMILES string of the molecule is CN(C)S(=O)(=O)c1ccc(Cl)c(C(=O)N2CCC(CNC(=O)OC(C)(C)C)CC2)c1. The zero-order chi connectivity index (χ0) is 22.7. The summed E-state index contributed by atoms with van der Waals surface area (Å²) >= 11 is 6.19. The number of ether oxygens (including phenoxy) is 1. The zero-order valence-corrected chi connectivity index (χ0v) is 19.6. The highest BCUT2D eigenvalue weighted by Gasteiger charge is 2.27. The third-order valence-corrected chi connectivity index (χ3v) is 6.92. The number of carbonyl (C=O) groups excluding carboxylic acids is 2. The lowest BCUT2D eigenvalue weighted by atomic mass is 9.96. The van der Waals surface area contributed by atoms with Gasteiger partial charge in [0.2, 0.25) is 10.0 Å². The van der Waals surface area contributed by atoms with Crippen LogP contribution in [0, 0.1) is 5.92 Å². The molecule has 1 saturated heterocycles. The second kappa shape index (κ2) is 9.53. The Labute approximate surface area is 183 Å². The first kappa shape index (κ1) is 24.4. The Balaban J connectivity index is 1.98. The highest BCUT2D eigenvalue weighted by atomic mass is 35.5. The predicted molar refractivity (Wildman–Crippen MR) is 115 cm³/mol. The molecule has 0 radical (unpaired) electrons. The molecular formula is C20H30ClN3O5S. The van der Waals surface area contributed by atoms with Crippen molar-refractivity contribution in [2.24, 2.45) is 5.92 Å².